The molecule has 1 amide bonds. The number of carbonyl (C=O) groups excluding carboxylic acids is 1. The fraction of sp³-hybridized carbons (Fsp3) is 0.444. The van der Waals surface area contributed by atoms with Crippen molar-refractivity contribution in [3.63, 3.8) is 0 Å². The Balaban J connectivity index is 1.63. The maximum absolute atomic E-state index is 13.8. The van der Waals surface area contributed by atoms with Crippen molar-refractivity contribution < 1.29 is 9.18 Å². The number of amides is 1. The Morgan fingerprint density at radius 2 is 2.21 bits per heavy atom. The van der Waals surface area contributed by atoms with Crippen LogP contribution in [-0.2, 0) is 11.2 Å². The molecule has 1 aliphatic rings. The summed E-state index contributed by atoms with van der Waals surface area (Å²) in [4.78, 5) is 17.6. The fourth-order valence-corrected chi connectivity index (χ4v) is 4.19. The van der Waals surface area contributed by atoms with E-state index in [0.717, 1.165) is 29.8 Å². The predicted octanol–water partition coefficient (Wildman–Crippen LogP) is 3.64. The van der Waals surface area contributed by atoms with Gasteiger partial charge in [-0.25, -0.2) is 9.37 Å². The van der Waals surface area contributed by atoms with E-state index in [2.05, 4.69) is 10.3 Å². The van der Waals surface area contributed by atoms with Gasteiger partial charge in [0.2, 0.25) is 5.91 Å². The molecular formula is C18H22FN3OS. The van der Waals surface area contributed by atoms with Crippen molar-refractivity contribution in [2.45, 2.75) is 45.1 Å². The molecule has 0 unspecified atom stereocenters. The SMILES string of the molecule is Cc1nc(NC(=O)C[C@@H]2CCC[C@H]2N)sc1Cc1ccccc1F. The molecule has 1 aliphatic carbocycles. The van der Waals surface area contributed by atoms with Crippen molar-refractivity contribution in [3.8, 4) is 0 Å². The molecule has 1 saturated carbocycles. The molecule has 1 heterocycles. The summed E-state index contributed by atoms with van der Waals surface area (Å²) in [6.45, 7) is 1.88. The minimum Gasteiger partial charge on any atom is -0.327 e. The summed E-state index contributed by atoms with van der Waals surface area (Å²) in [6, 6.07) is 6.86. The second kappa shape index (κ2) is 7.40. The molecule has 1 fully saturated rings. The van der Waals surface area contributed by atoms with E-state index in [1.165, 1.54) is 17.4 Å². The van der Waals surface area contributed by atoms with Crippen molar-refractivity contribution in [2.75, 3.05) is 5.32 Å². The number of benzene rings is 1. The molecule has 2 atom stereocenters. The summed E-state index contributed by atoms with van der Waals surface area (Å²) in [7, 11) is 0. The van der Waals surface area contributed by atoms with Crippen LogP contribution in [0.25, 0.3) is 0 Å². The third-order valence-corrected chi connectivity index (χ3v) is 5.69. The van der Waals surface area contributed by atoms with E-state index >= 15 is 0 Å². The number of nitrogens with zero attached hydrogens (tertiary/aromatic N) is 1. The normalized spacial score (nSPS) is 20.3. The first-order valence-corrected chi connectivity index (χ1v) is 9.09. The zero-order chi connectivity index (χ0) is 17.1. The Hall–Kier alpha value is -1.79. The van der Waals surface area contributed by atoms with Crippen LogP contribution in [-0.4, -0.2) is 16.9 Å². The van der Waals surface area contributed by atoms with E-state index in [-0.39, 0.29) is 23.7 Å². The number of carbonyl (C=O) groups is 1. The lowest BCUT2D eigenvalue weighted by Gasteiger charge is -2.13. The highest BCUT2D eigenvalue weighted by atomic mass is 32.1. The molecular weight excluding hydrogens is 325 g/mol. The number of hydrogen-bond donors (Lipinski definition) is 2. The van der Waals surface area contributed by atoms with E-state index in [1.54, 1.807) is 12.1 Å². The molecule has 128 valence electrons. The van der Waals surface area contributed by atoms with E-state index in [9.17, 15) is 9.18 Å². The van der Waals surface area contributed by atoms with Gasteiger partial charge in [-0.05, 0) is 37.3 Å². The first kappa shape index (κ1) is 17.0. The van der Waals surface area contributed by atoms with Crippen molar-refractivity contribution in [1.82, 2.24) is 4.98 Å². The van der Waals surface area contributed by atoms with Gasteiger partial charge in [-0.2, -0.15) is 0 Å². The number of thiazole rings is 1. The van der Waals surface area contributed by atoms with Gasteiger partial charge in [-0.1, -0.05) is 24.6 Å². The zero-order valence-corrected chi connectivity index (χ0v) is 14.5. The number of nitrogens with two attached hydrogens (primary N) is 1. The first-order chi connectivity index (χ1) is 11.5. The van der Waals surface area contributed by atoms with Gasteiger partial charge >= 0.3 is 0 Å². The van der Waals surface area contributed by atoms with Gasteiger partial charge in [-0.3, -0.25) is 4.79 Å². The van der Waals surface area contributed by atoms with Gasteiger partial charge in [0.1, 0.15) is 5.82 Å². The predicted molar refractivity (Wildman–Crippen MR) is 94.6 cm³/mol. The van der Waals surface area contributed by atoms with E-state index in [4.69, 9.17) is 5.73 Å². The molecule has 24 heavy (non-hydrogen) atoms. The van der Waals surface area contributed by atoms with Crippen molar-refractivity contribution in [1.29, 1.82) is 0 Å². The Morgan fingerprint density at radius 3 is 2.92 bits per heavy atom. The Kier molecular flexibility index (Phi) is 5.26. The van der Waals surface area contributed by atoms with Crippen LogP contribution in [0.3, 0.4) is 0 Å². The molecule has 3 N–H and O–H groups in total. The van der Waals surface area contributed by atoms with Crippen LogP contribution in [0, 0.1) is 18.7 Å². The average Bonchev–Trinajstić information content (AvgIpc) is 3.08. The van der Waals surface area contributed by atoms with Crippen LogP contribution in [0.4, 0.5) is 9.52 Å². The van der Waals surface area contributed by atoms with Gasteiger partial charge in [0, 0.05) is 23.8 Å². The summed E-state index contributed by atoms with van der Waals surface area (Å²) < 4.78 is 13.8. The second-order valence-corrected chi connectivity index (χ2v) is 7.49. The molecule has 3 rings (SSSR count). The average molecular weight is 347 g/mol. The van der Waals surface area contributed by atoms with Crippen molar-refractivity contribution >= 4 is 22.4 Å². The first-order valence-electron chi connectivity index (χ1n) is 8.28. The lowest BCUT2D eigenvalue weighted by Crippen LogP contribution is -2.28. The molecule has 1 aromatic heterocycles. The van der Waals surface area contributed by atoms with Gasteiger partial charge < -0.3 is 11.1 Å². The summed E-state index contributed by atoms with van der Waals surface area (Å²) in [5, 5.41) is 3.45. The van der Waals surface area contributed by atoms with Gasteiger partial charge in [0.25, 0.3) is 0 Å². The Bertz CT molecular complexity index is 731. The van der Waals surface area contributed by atoms with Gasteiger partial charge in [0.05, 0.1) is 5.69 Å². The molecule has 6 heteroatoms. The maximum atomic E-state index is 13.8. The summed E-state index contributed by atoms with van der Waals surface area (Å²) in [6.07, 6.45) is 4.05. The lowest BCUT2D eigenvalue weighted by atomic mass is 10.00. The summed E-state index contributed by atoms with van der Waals surface area (Å²) in [5.41, 5.74) is 7.49. The van der Waals surface area contributed by atoms with Crippen LogP contribution >= 0.6 is 11.3 Å². The van der Waals surface area contributed by atoms with Gasteiger partial charge in [-0.15, -0.1) is 11.3 Å². The number of aromatic nitrogens is 1. The summed E-state index contributed by atoms with van der Waals surface area (Å²) >= 11 is 1.41. The number of rotatable bonds is 5. The van der Waals surface area contributed by atoms with E-state index in [1.807, 2.05) is 13.0 Å². The molecule has 0 spiro atoms. The summed E-state index contributed by atoms with van der Waals surface area (Å²) in [5.74, 6) is 0.0126. The lowest BCUT2D eigenvalue weighted by molar-refractivity contribution is -0.117. The Labute approximate surface area is 145 Å². The van der Waals surface area contributed by atoms with Crippen LogP contribution in [0.2, 0.25) is 0 Å². The van der Waals surface area contributed by atoms with Crippen LogP contribution in [0.15, 0.2) is 24.3 Å². The second-order valence-electron chi connectivity index (χ2n) is 6.40. The minimum atomic E-state index is -0.217. The maximum Gasteiger partial charge on any atom is 0.226 e. The van der Waals surface area contributed by atoms with E-state index in [0.29, 0.717) is 23.5 Å². The van der Waals surface area contributed by atoms with Crippen molar-refractivity contribution in [3.05, 3.63) is 46.2 Å². The number of halogens is 1. The quantitative estimate of drug-likeness (QED) is 0.868. The number of anilines is 1. The third-order valence-electron chi connectivity index (χ3n) is 4.61. The number of nitrogens with one attached hydrogen (secondary N) is 1. The largest absolute Gasteiger partial charge is 0.327 e. The van der Waals surface area contributed by atoms with Crippen LogP contribution in [0.5, 0.6) is 0 Å². The number of aryl methyl sites for hydroxylation is 1. The molecule has 0 radical (unpaired) electrons. The van der Waals surface area contributed by atoms with Gasteiger partial charge in [0.15, 0.2) is 5.13 Å². The molecule has 0 bridgehead atoms. The highest BCUT2D eigenvalue weighted by Crippen LogP contribution is 2.29. The topological polar surface area (TPSA) is 68.0 Å². The third kappa shape index (κ3) is 3.99. The van der Waals surface area contributed by atoms with E-state index < -0.39 is 0 Å². The highest BCUT2D eigenvalue weighted by molar-refractivity contribution is 7.15. The fourth-order valence-electron chi connectivity index (χ4n) is 3.19. The van der Waals surface area contributed by atoms with Crippen LogP contribution in [0.1, 0.15) is 41.8 Å². The highest BCUT2D eigenvalue weighted by Gasteiger charge is 2.26. The van der Waals surface area contributed by atoms with Crippen molar-refractivity contribution in [2.24, 2.45) is 11.7 Å². The monoisotopic (exact) mass is 347 g/mol. The molecule has 0 aliphatic heterocycles. The minimum absolute atomic E-state index is 0.0384. The Morgan fingerprint density at radius 1 is 1.42 bits per heavy atom. The molecule has 4 nitrogen and oxygen atoms in total. The standard InChI is InChI=1S/C18H22FN3OS/c1-11-16(9-12-5-2-3-7-14(12)19)24-18(21-11)22-17(23)10-13-6-4-8-15(13)20/h2-3,5,7,13,15H,4,6,8-10,20H2,1H3,(H,21,22,23)/t13-,15+/m0/s1. The molecule has 2 aromatic rings. The smallest absolute Gasteiger partial charge is 0.226 e. The molecule has 0 saturated heterocycles. The van der Waals surface area contributed by atoms with Crippen LogP contribution < -0.4 is 11.1 Å². The number of hydrogen-bond acceptors (Lipinski definition) is 4. The molecule has 1 aromatic carbocycles. The zero-order valence-electron chi connectivity index (χ0n) is 13.7.